The molecule has 0 bridgehead atoms. The first-order valence-corrected chi connectivity index (χ1v) is 5.80. The zero-order chi connectivity index (χ0) is 13.1. The zero-order valence-corrected chi connectivity index (χ0v) is 10.1. The van der Waals surface area contributed by atoms with Gasteiger partial charge in [0.1, 0.15) is 5.82 Å². The van der Waals surface area contributed by atoms with Crippen LogP contribution >= 0.6 is 0 Å². The Morgan fingerprint density at radius 1 is 1.33 bits per heavy atom. The van der Waals surface area contributed by atoms with E-state index < -0.39 is 5.82 Å². The van der Waals surface area contributed by atoms with Crippen molar-refractivity contribution in [2.75, 3.05) is 31.9 Å². The van der Waals surface area contributed by atoms with Crippen LogP contribution in [0.3, 0.4) is 0 Å². The number of amides is 1. The van der Waals surface area contributed by atoms with Gasteiger partial charge in [-0.3, -0.25) is 4.79 Å². The van der Waals surface area contributed by atoms with E-state index in [9.17, 15) is 9.18 Å². The highest BCUT2D eigenvalue weighted by Gasteiger charge is 2.17. The van der Waals surface area contributed by atoms with Gasteiger partial charge in [0.05, 0.1) is 5.69 Å². The molecule has 1 aliphatic heterocycles. The molecule has 1 fully saturated rings. The Labute approximate surface area is 105 Å². The largest absolute Gasteiger partial charge is 0.396 e. The highest BCUT2D eigenvalue weighted by atomic mass is 19.1. The summed E-state index contributed by atoms with van der Waals surface area (Å²) < 4.78 is 13.4. The Hall–Kier alpha value is -2.04. The lowest BCUT2D eigenvalue weighted by Gasteiger charge is -2.35. The van der Waals surface area contributed by atoms with Gasteiger partial charge in [-0.15, -0.1) is 0 Å². The Morgan fingerprint density at radius 2 is 2.00 bits per heavy atom. The number of carbonyl (C=O) groups is 1. The summed E-state index contributed by atoms with van der Waals surface area (Å²) in [7, 11) is 0. The van der Waals surface area contributed by atoms with Gasteiger partial charge >= 0.3 is 0 Å². The second-order valence-corrected chi connectivity index (χ2v) is 4.31. The summed E-state index contributed by atoms with van der Waals surface area (Å²) in [5, 5.41) is 0. The molecule has 4 nitrogen and oxygen atoms in total. The Morgan fingerprint density at radius 3 is 2.56 bits per heavy atom. The maximum absolute atomic E-state index is 13.4. The molecule has 0 atom stereocenters. The first-order valence-electron chi connectivity index (χ1n) is 5.80. The maximum atomic E-state index is 13.4. The summed E-state index contributed by atoms with van der Waals surface area (Å²) in [6, 6.07) is 4.69. The fourth-order valence-electron chi connectivity index (χ4n) is 1.99. The van der Waals surface area contributed by atoms with Gasteiger partial charge < -0.3 is 15.5 Å². The molecular weight excluding hydrogens is 233 g/mol. The van der Waals surface area contributed by atoms with Crippen LogP contribution in [-0.2, 0) is 4.79 Å². The fraction of sp³-hybridized carbons (Fsp3) is 0.308. The minimum atomic E-state index is -0.430. The van der Waals surface area contributed by atoms with E-state index in [1.807, 2.05) is 4.90 Å². The summed E-state index contributed by atoms with van der Waals surface area (Å²) in [5.74, 6) is -0.430. The van der Waals surface area contributed by atoms with E-state index in [2.05, 4.69) is 6.58 Å². The van der Waals surface area contributed by atoms with E-state index in [0.717, 1.165) is 17.7 Å². The van der Waals surface area contributed by atoms with Crippen LogP contribution in [0.25, 0.3) is 5.70 Å². The fourth-order valence-corrected chi connectivity index (χ4v) is 1.99. The predicted molar refractivity (Wildman–Crippen MR) is 69.1 cm³/mol. The number of benzene rings is 1. The number of nitrogen functional groups attached to an aromatic ring is 1. The van der Waals surface area contributed by atoms with Crippen molar-refractivity contribution in [1.82, 2.24) is 9.80 Å². The van der Waals surface area contributed by atoms with Crippen molar-refractivity contribution in [1.29, 1.82) is 0 Å². The lowest BCUT2D eigenvalue weighted by molar-refractivity contribution is -0.119. The van der Waals surface area contributed by atoms with Gasteiger partial charge in [0, 0.05) is 37.4 Å². The molecule has 0 saturated carbocycles. The van der Waals surface area contributed by atoms with E-state index >= 15 is 0 Å². The standard InChI is InChI=1S/C13H16FN3O/c1-10(11-2-3-13(15)12(14)8-11)17-6-4-16(9-18)5-7-17/h2-3,8-9H,1,4-7,15H2. The van der Waals surface area contributed by atoms with E-state index in [4.69, 9.17) is 5.73 Å². The van der Waals surface area contributed by atoms with E-state index in [0.29, 0.717) is 26.2 Å². The second kappa shape index (κ2) is 5.08. The highest BCUT2D eigenvalue weighted by Crippen LogP contribution is 2.22. The second-order valence-electron chi connectivity index (χ2n) is 4.31. The van der Waals surface area contributed by atoms with Crippen LogP contribution in [0.4, 0.5) is 10.1 Å². The van der Waals surface area contributed by atoms with Crippen molar-refractivity contribution in [3.05, 3.63) is 36.2 Å². The zero-order valence-electron chi connectivity index (χ0n) is 10.1. The molecule has 0 aliphatic carbocycles. The summed E-state index contributed by atoms with van der Waals surface area (Å²) in [5.41, 5.74) is 7.06. The first-order chi connectivity index (χ1) is 8.61. The molecule has 1 aromatic rings. The third-order valence-electron chi connectivity index (χ3n) is 3.18. The third kappa shape index (κ3) is 2.45. The number of rotatable bonds is 3. The molecular formula is C13H16FN3O. The summed E-state index contributed by atoms with van der Waals surface area (Å²) >= 11 is 0. The lowest BCUT2D eigenvalue weighted by atomic mass is 10.1. The van der Waals surface area contributed by atoms with Crippen molar-refractivity contribution < 1.29 is 9.18 Å². The molecule has 1 saturated heterocycles. The molecule has 1 heterocycles. The topological polar surface area (TPSA) is 49.6 Å². The quantitative estimate of drug-likeness (QED) is 0.646. The van der Waals surface area contributed by atoms with Crippen molar-refractivity contribution in [2.45, 2.75) is 0 Å². The minimum Gasteiger partial charge on any atom is -0.396 e. The van der Waals surface area contributed by atoms with Crippen molar-refractivity contribution in [2.24, 2.45) is 0 Å². The van der Waals surface area contributed by atoms with Crippen LogP contribution in [0.1, 0.15) is 5.56 Å². The Bertz CT molecular complexity index is 467. The molecule has 0 unspecified atom stereocenters. The molecule has 0 radical (unpaired) electrons. The molecule has 5 heteroatoms. The third-order valence-corrected chi connectivity index (χ3v) is 3.18. The number of nitrogens with zero attached hydrogens (tertiary/aromatic N) is 2. The number of nitrogens with two attached hydrogens (primary N) is 1. The van der Waals surface area contributed by atoms with Gasteiger partial charge in [-0.1, -0.05) is 12.6 Å². The predicted octanol–water partition coefficient (Wildman–Crippen LogP) is 1.15. The summed E-state index contributed by atoms with van der Waals surface area (Å²) in [6.07, 6.45) is 0.850. The van der Waals surface area contributed by atoms with Gasteiger partial charge in [-0.05, 0) is 12.1 Å². The number of hydrogen-bond acceptors (Lipinski definition) is 3. The number of piperazine rings is 1. The lowest BCUT2D eigenvalue weighted by Crippen LogP contribution is -2.44. The average Bonchev–Trinajstić information content (AvgIpc) is 2.41. The summed E-state index contributed by atoms with van der Waals surface area (Å²) in [6.45, 7) is 6.74. The molecule has 0 aromatic heterocycles. The molecule has 2 N–H and O–H groups in total. The monoisotopic (exact) mass is 249 g/mol. The number of carbonyl (C=O) groups excluding carboxylic acids is 1. The van der Waals surface area contributed by atoms with Crippen molar-refractivity contribution >= 4 is 17.8 Å². The Kier molecular flexibility index (Phi) is 3.50. The van der Waals surface area contributed by atoms with Crippen LogP contribution in [0, 0.1) is 5.82 Å². The molecule has 1 amide bonds. The van der Waals surface area contributed by atoms with Crippen LogP contribution in [0.5, 0.6) is 0 Å². The van der Waals surface area contributed by atoms with Crippen LogP contribution in [0.15, 0.2) is 24.8 Å². The van der Waals surface area contributed by atoms with Gasteiger partial charge in [0.15, 0.2) is 0 Å². The van der Waals surface area contributed by atoms with Crippen LogP contribution < -0.4 is 5.73 Å². The molecule has 96 valence electrons. The molecule has 1 aromatic carbocycles. The first kappa shape index (κ1) is 12.4. The molecule has 18 heavy (non-hydrogen) atoms. The molecule has 2 rings (SSSR count). The Balaban J connectivity index is 2.07. The normalized spacial score (nSPS) is 15.6. The van der Waals surface area contributed by atoms with Crippen LogP contribution in [0.2, 0.25) is 0 Å². The number of halogens is 1. The summed E-state index contributed by atoms with van der Waals surface area (Å²) in [4.78, 5) is 14.4. The molecule has 1 aliphatic rings. The minimum absolute atomic E-state index is 0.136. The van der Waals surface area contributed by atoms with Crippen molar-refractivity contribution in [3.63, 3.8) is 0 Å². The number of anilines is 1. The number of hydrogen-bond donors (Lipinski definition) is 1. The van der Waals surface area contributed by atoms with Crippen LogP contribution in [-0.4, -0.2) is 42.4 Å². The van der Waals surface area contributed by atoms with Gasteiger partial charge in [0.25, 0.3) is 0 Å². The van der Waals surface area contributed by atoms with E-state index in [-0.39, 0.29) is 5.69 Å². The molecule has 0 spiro atoms. The maximum Gasteiger partial charge on any atom is 0.209 e. The van der Waals surface area contributed by atoms with Crippen molar-refractivity contribution in [3.8, 4) is 0 Å². The van der Waals surface area contributed by atoms with Gasteiger partial charge in [0.2, 0.25) is 6.41 Å². The SMILES string of the molecule is C=C(c1ccc(N)c(F)c1)N1CCN(C=O)CC1. The van der Waals surface area contributed by atoms with Gasteiger partial charge in [-0.2, -0.15) is 0 Å². The average molecular weight is 249 g/mol. The highest BCUT2D eigenvalue weighted by molar-refractivity contribution is 5.64. The smallest absolute Gasteiger partial charge is 0.209 e. The van der Waals surface area contributed by atoms with E-state index in [1.165, 1.54) is 12.1 Å². The van der Waals surface area contributed by atoms with Gasteiger partial charge in [-0.25, -0.2) is 4.39 Å². The van der Waals surface area contributed by atoms with E-state index in [1.54, 1.807) is 11.0 Å².